The van der Waals surface area contributed by atoms with E-state index in [2.05, 4.69) is 23.6 Å². The van der Waals surface area contributed by atoms with E-state index in [9.17, 15) is 4.79 Å². The zero-order chi connectivity index (χ0) is 14.5. The highest BCUT2D eigenvalue weighted by molar-refractivity contribution is 5.77. The van der Waals surface area contributed by atoms with E-state index in [4.69, 9.17) is 10.8 Å². The van der Waals surface area contributed by atoms with E-state index in [1.807, 2.05) is 0 Å². The van der Waals surface area contributed by atoms with Gasteiger partial charge in [0.05, 0.1) is 0 Å². The van der Waals surface area contributed by atoms with Crippen molar-refractivity contribution in [2.75, 3.05) is 39.3 Å². The quantitative estimate of drug-likeness (QED) is 0.718. The monoisotopic (exact) mass is 271 g/mol. The molecular formula is C14H29N3O2. The van der Waals surface area contributed by atoms with E-state index in [1.54, 1.807) is 6.92 Å². The number of carbonyl (C=O) groups is 1. The van der Waals surface area contributed by atoms with E-state index >= 15 is 0 Å². The maximum atomic E-state index is 10.9. The number of aliphatic carboxylic acids is 1. The van der Waals surface area contributed by atoms with Gasteiger partial charge in [0.25, 0.3) is 0 Å². The third-order valence-corrected chi connectivity index (χ3v) is 3.75. The SMILES string of the molecule is CC(C)CN1CCN(CCCC(C)(N)C(=O)O)CC1. The highest BCUT2D eigenvalue weighted by atomic mass is 16.4. The van der Waals surface area contributed by atoms with Crippen molar-refractivity contribution in [3.05, 3.63) is 0 Å². The Morgan fingerprint density at radius 3 is 2.26 bits per heavy atom. The molecule has 0 aromatic rings. The van der Waals surface area contributed by atoms with Gasteiger partial charge < -0.3 is 20.6 Å². The summed E-state index contributed by atoms with van der Waals surface area (Å²) in [4.78, 5) is 15.8. The molecule has 0 aromatic heterocycles. The van der Waals surface area contributed by atoms with Crippen molar-refractivity contribution in [2.24, 2.45) is 11.7 Å². The van der Waals surface area contributed by atoms with E-state index in [0.717, 1.165) is 45.1 Å². The van der Waals surface area contributed by atoms with Crippen LogP contribution in [0.15, 0.2) is 0 Å². The van der Waals surface area contributed by atoms with Crippen LogP contribution < -0.4 is 5.73 Å². The average molecular weight is 271 g/mol. The molecule has 1 aliphatic heterocycles. The number of carboxylic acid groups (broad SMARTS) is 1. The van der Waals surface area contributed by atoms with Crippen LogP contribution in [0.4, 0.5) is 0 Å². The predicted octanol–water partition coefficient (Wildman–Crippen LogP) is 0.842. The molecule has 5 nitrogen and oxygen atoms in total. The molecule has 0 amide bonds. The van der Waals surface area contributed by atoms with Crippen molar-refractivity contribution in [1.82, 2.24) is 9.80 Å². The number of nitrogens with two attached hydrogens (primary N) is 1. The summed E-state index contributed by atoms with van der Waals surface area (Å²) < 4.78 is 0. The molecule has 0 radical (unpaired) electrons. The second kappa shape index (κ2) is 7.22. The minimum atomic E-state index is -1.08. The molecule has 3 N–H and O–H groups in total. The van der Waals surface area contributed by atoms with Gasteiger partial charge in [0.2, 0.25) is 0 Å². The van der Waals surface area contributed by atoms with E-state index in [-0.39, 0.29) is 0 Å². The molecule has 1 atom stereocenters. The summed E-state index contributed by atoms with van der Waals surface area (Å²) in [7, 11) is 0. The number of nitrogens with zero attached hydrogens (tertiary/aromatic N) is 2. The third kappa shape index (κ3) is 5.89. The van der Waals surface area contributed by atoms with Gasteiger partial charge >= 0.3 is 5.97 Å². The molecule has 0 spiro atoms. The van der Waals surface area contributed by atoms with Gasteiger partial charge in [-0.3, -0.25) is 4.79 Å². The Morgan fingerprint density at radius 2 is 1.79 bits per heavy atom. The van der Waals surface area contributed by atoms with Crippen LogP contribution in [0, 0.1) is 5.92 Å². The molecule has 1 unspecified atom stereocenters. The fourth-order valence-electron chi connectivity index (χ4n) is 2.49. The Labute approximate surface area is 116 Å². The van der Waals surface area contributed by atoms with Crippen LogP contribution in [0.5, 0.6) is 0 Å². The maximum Gasteiger partial charge on any atom is 0.323 e. The molecule has 19 heavy (non-hydrogen) atoms. The highest BCUT2D eigenvalue weighted by Gasteiger charge is 2.27. The van der Waals surface area contributed by atoms with Gasteiger partial charge in [-0.05, 0) is 32.2 Å². The fourth-order valence-corrected chi connectivity index (χ4v) is 2.49. The summed E-state index contributed by atoms with van der Waals surface area (Å²) in [6.45, 7) is 12.6. The van der Waals surface area contributed by atoms with Crippen molar-refractivity contribution in [2.45, 2.75) is 39.2 Å². The normalized spacial score (nSPS) is 21.5. The molecule has 1 rings (SSSR count). The topological polar surface area (TPSA) is 69.8 Å². The van der Waals surface area contributed by atoms with Gasteiger partial charge in [-0.15, -0.1) is 0 Å². The predicted molar refractivity (Wildman–Crippen MR) is 77.2 cm³/mol. The highest BCUT2D eigenvalue weighted by Crippen LogP contribution is 2.11. The molecule has 0 aliphatic carbocycles. The maximum absolute atomic E-state index is 10.9. The Morgan fingerprint density at radius 1 is 1.26 bits per heavy atom. The Bertz CT molecular complexity index is 284. The molecule has 0 saturated carbocycles. The lowest BCUT2D eigenvalue weighted by Gasteiger charge is -2.35. The molecule has 112 valence electrons. The van der Waals surface area contributed by atoms with Gasteiger partial charge in [0, 0.05) is 32.7 Å². The first-order valence-electron chi connectivity index (χ1n) is 7.28. The van der Waals surface area contributed by atoms with Crippen molar-refractivity contribution in [1.29, 1.82) is 0 Å². The summed E-state index contributed by atoms with van der Waals surface area (Å²) in [5.41, 5.74) is 4.64. The molecule has 5 heteroatoms. The first-order valence-corrected chi connectivity index (χ1v) is 7.28. The van der Waals surface area contributed by atoms with Gasteiger partial charge in [-0.25, -0.2) is 0 Å². The zero-order valence-corrected chi connectivity index (χ0v) is 12.6. The van der Waals surface area contributed by atoms with E-state index < -0.39 is 11.5 Å². The molecule has 1 heterocycles. The van der Waals surface area contributed by atoms with Gasteiger partial charge in [0.1, 0.15) is 5.54 Å². The first-order chi connectivity index (χ1) is 8.81. The second-order valence-electron chi connectivity index (χ2n) is 6.36. The van der Waals surface area contributed by atoms with Crippen LogP contribution in [0.1, 0.15) is 33.6 Å². The third-order valence-electron chi connectivity index (χ3n) is 3.75. The Hall–Kier alpha value is -0.650. The van der Waals surface area contributed by atoms with Gasteiger partial charge in [-0.1, -0.05) is 13.8 Å². The van der Waals surface area contributed by atoms with E-state index in [1.165, 1.54) is 6.54 Å². The summed E-state index contributed by atoms with van der Waals surface area (Å²) >= 11 is 0. The zero-order valence-electron chi connectivity index (χ0n) is 12.6. The summed E-state index contributed by atoms with van der Waals surface area (Å²) in [6.07, 6.45) is 1.39. The number of piperazine rings is 1. The standard InChI is InChI=1S/C14H29N3O2/c1-12(2)11-17-9-7-16(8-10-17)6-4-5-14(3,15)13(18)19/h12H,4-11,15H2,1-3H3,(H,18,19). The smallest absolute Gasteiger partial charge is 0.323 e. The largest absolute Gasteiger partial charge is 0.480 e. The van der Waals surface area contributed by atoms with Crippen molar-refractivity contribution in [3.63, 3.8) is 0 Å². The molecule has 0 bridgehead atoms. The van der Waals surface area contributed by atoms with Crippen molar-refractivity contribution >= 4 is 5.97 Å². The van der Waals surface area contributed by atoms with Crippen LogP contribution >= 0.6 is 0 Å². The van der Waals surface area contributed by atoms with Gasteiger partial charge in [0.15, 0.2) is 0 Å². The lowest BCUT2D eigenvalue weighted by atomic mass is 9.97. The molecule has 1 aliphatic rings. The second-order valence-corrected chi connectivity index (χ2v) is 6.36. The van der Waals surface area contributed by atoms with Crippen LogP contribution in [-0.2, 0) is 4.79 Å². The van der Waals surface area contributed by atoms with Crippen LogP contribution in [0.25, 0.3) is 0 Å². The van der Waals surface area contributed by atoms with E-state index in [0.29, 0.717) is 6.42 Å². The molecule has 1 saturated heterocycles. The van der Waals surface area contributed by atoms with Crippen molar-refractivity contribution < 1.29 is 9.90 Å². The lowest BCUT2D eigenvalue weighted by Crippen LogP contribution is -2.48. The fraction of sp³-hybridized carbons (Fsp3) is 0.929. The number of carboxylic acids is 1. The lowest BCUT2D eigenvalue weighted by molar-refractivity contribution is -0.142. The Balaban J connectivity index is 2.18. The number of hydrogen-bond acceptors (Lipinski definition) is 4. The number of rotatable bonds is 7. The molecular weight excluding hydrogens is 242 g/mol. The Kier molecular flexibility index (Phi) is 6.23. The summed E-state index contributed by atoms with van der Waals surface area (Å²) in [5.74, 6) is -0.186. The molecule has 0 aromatic carbocycles. The minimum Gasteiger partial charge on any atom is -0.480 e. The van der Waals surface area contributed by atoms with Crippen LogP contribution in [-0.4, -0.2) is 65.7 Å². The molecule has 1 fully saturated rings. The summed E-state index contributed by atoms with van der Waals surface area (Å²) in [6, 6.07) is 0. The van der Waals surface area contributed by atoms with Crippen LogP contribution in [0.2, 0.25) is 0 Å². The van der Waals surface area contributed by atoms with Gasteiger partial charge in [-0.2, -0.15) is 0 Å². The number of hydrogen-bond donors (Lipinski definition) is 2. The van der Waals surface area contributed by atoms with Crippen molar-refractivity contribution in [3.8, 4) is 0 Å². The minimum absolute atomic E-state index is 0.536. The van der Waals surface area contributed by atoms with Crippen LogP contribution in [0.3, 0.4) is 0 Å². The summed E-state index contributed by atoms with van der Waals surface area (Å²) in [5, 5.41) is 8.95. The average Bonchev–Trinajstić information content (AvgIpc) is 2.30. The first kappa shape index (κ1) is 16.4.